The summed E-state index contributed by atoms with van der Waals surface area (Å²) in [6, 6.07) is 15.3. The van der Waals surface area contributed by atoms with Gasteiger partial charge in [-0.1, -0.05) is 36.4 Å². The molecule has 1 N–H and O–H groups in total. The van der Waals surface area contributed by atoms with E-state index in [1.165, 1.54) is 0 Å². The quantitative estimate of drug-likeness (QED) is 0.489. The number of para-hydroxylation sites is 2. The van der Waals surface area contributed by atoms with Crippen LogP contribution in [0.25, 0.3) is 0 Å². The molecule has 0 saturated carbocycles. The zero-order valence-corrected chi connectivity index (χ0v) is 24.1. The average molecular weight is 542 g/mol. The molecular weight excluding hydrogens is 498 g/mol. The van der Waals surface area contributed by atoms with Gasteiger partial charge in [0.05, 0.1) is 13.1 Å². The van der Waals surface area contributed by atoms with Gasteiger partial charge in [-0.2, -0.15) is 0 Å². The number of carbonyl (C=O) groups is 2. The molecule has 1 aliphatic heterocycles. The molecule has 214 valence electrons. The smallest absolute Gasteiger partial charge is 0.410 e. The van der Waals surface area contributed by atoms with Crippen LogP contribution in [0.5, 0.6) is 11.5 Å². The van der Waals surface area contributed by atoms with Gasteiger partial charge in [-0.25, -0.2) is 9.59 Å². The number of benzene rings is 2. The molecule has 2 amide bonds. The van der Waals surface area contributed by atoms with Crippen molar-refractivity contribution in [1.82, 2.24) is 15.1 Å². The zero-order chi connectivity index (χ0) is 28.5. The molecule has 0 unspecified atom stereocenters. The molecule has 3 rings (SSSR count). The zero-order valence-electron chi connectivity index (χ0n) is 24.1. The first-order valence-corrected chi connectivity index (χ1v) is 13.5. The molecule has 0 radical (unpaired) electrons. The fourth-order valence-electron chi connectivity index (χ4n) is 3.94. The number of amides is 2. The van der Waals surface area contributed by atoms with Gasteiger partial charge in [0.25, 0.3) is 0 Å². The van der Waals surface area contributed by atoms with E-state index in [1.54, 1.807) is 9.80 Å². The molecule has 1 heterocycles. The Hall–Kier alpha value is -3.46. The monoisotopic (exact) mass is 541 g/mol. The first-order valence-electron chi connectivity index (χ1n) is 13.5. The van der Waals surface area contributed by atoms with E-state index in [0.717, 1.165) is 11.1 Å². The lowest BCUT2D eigenvalue weighted by atomic mass is 10.2. The molecule has 2 aromatic carbocycles. The Balaban J connectivity index is 1.83. The molecule has 1 aliphatic rings. The second-order valence-corrected chi connectivity index (χ2v) is 11.5. The molecule has 0 aromatic heterocycles. The topological polar surface area (TPSA) is 89.6 Å². The van der Waals surface area contributed by atoms with E-state index < -0.39 is 23.4 Å². The van der Waals surface area contributed by atoms with Crippen LogP contribution in [0.3, 0.4) is 0 Å². The Morgan fingerprint density at radius 3 is 1.46 bits per heavy atom. The third-order valence-corrected chi connectivity index (χ3v) is 5.69. The van der Waals surface area contributed by atoms with Crippen LogP contribution in [0.1, 0.15) is 52.7 Å². The number of hydrogen-bond donors (Lipinski definition) is 1. The molecular formula is C30H43N3O6. The number of fused-ring (bicyclic) bond motifs is 2. The van der Waals surface area contributed by atoms with Crippen LogP contribution in [0.15, 0.2) is 48.5 Å². The number of nitrogens with zero attached hydrogens (tertiary/aromatic N) is 2. The molecule has 9 nitrogen and oxygen atoms in total. The second kappa shape index (κ2) is 13.6. The highest BCUT2D eigenvalue weighted by Gasteiger charge is 2.25. The number of carbonyl (C=O) groups excluding carboxylic acids is 2. The maximum absolute atomic E-state index is 13.1. The maximum atomic E-state index is 13.1. The minimum atomic E-state index is -0.617. The summed E-state index contributed by atoms with van der Waals surface area (Å²) in [5.74, 6) is 1.38. The Morgan fingerprint density at radius 2 is 1.08 bits per heavy atom. The maximum Gasteiger partial charge on any atom is 0.410 e. The normalized spacial score (nSPS) is 16.1. The highest BCUT2D eigenvalue weighted by Crippen LogP contribution is 2.23. The molecule has 0 spiro atoms. The Kier molecular flexibility index (Phi) is 10.5. The predicted molar refractivity (Wildman–Crippen MR) is 150 cm³/mol. The van der Waals surface area contributed by atoms with Crippen LogP contribution in [-0.2, 0) is 22.6 Å². The lowest BCUT2D eigenvalue weighted by Gasteiger charge is -2.29. The molecule has 0 fully saturated rings. The van der Waals surface area contributed by atoms with E-state index in [1.807, 2.05) is 90.1 Å². The van der Waals surface area contributed by atoms with Gasteiger partial charge in [-0.3, -0.25) is 0 Å². The van der Waals surface area contributed by atoms with Crippen molar-refractivity contribution in [3.63, 3.8) is 0 Å². The summed E-state index contributed by atoms with van der Waals surface area (Å²) in [7, 11) is 0. The number of nitrogens with one attached hydrogen (secondary N) is 1. The molecule has 0 saturated heterocycles. The van der Waals surface area contributed by atoms with E-state index in [0.29, 0.717) is 64.0 Å². The lowest BCUT2D eigenvalue weighted by Crippen LogP contribution is -2.43. The lowest BCUT2D eigenvalue weighted by molar-refractivity contribution is 0.0232. The summed E-state index contributed by atoms with van der Waals surface area (Å²) in [5.41, 5.74) is 0.524. The van der Waals surface area contributed by atoms with Crippen LogP contribution < -0.4 is 14.8 Å². The number of hydrogen-bond acceptors (Lipinski definition) is 7. The van der Waals surface area contributed by atoms with E-state index in [2.05, 4.69) is 5.32 Å². The summed E-state index contributed by atoms with van der Waals surface area (Å²) in [6.45, 7) is 14.3. The predicted octanol–water partition coefficient (Wildman–Crippen LogP) is 5.22. The van der Waals surface area contributed by atoms with Crippen LogP contribution in [0.4, 0.5) is 9.59 Å². The van der Waals surface area contributed by atoms with Crippen molar-refractivity contribution in [3.8, 4) is 11.5 Å². The SMILES string of the molecule is CC(C)(C)OC(=O)N1CCNCCN(C(=O)OC(C)(C)C)Cc2ccccc2OCCOc2ccccc2C1. The van der Waals surface area contributed by atoms with E-state index in [-0.39, 0.29) is 0 Å². The Morgan fingerprint density at radius 1 is 0.692 bits per heavy atom. The highest BCUT2D eigenvalue weighted by atomic mass is 16.6. The number of rotatable bonds is 0. The van der Waals surface area contributed by atoms with Crippen molar-refractivity contribution in [2.24, 2.45) is 0 Å². The van der Waals surface area contributed by atoms with Gasteiger partial charge in [0.1, 0.15) is 35.9 Å². The minimum absolute atomic E-state index is 0.315. The summed E-state index contributed by atoms with van der Waals surface area (Å²) < 4.78 is 23.5. The molecule has 0 bridgehead atoms. The molecule has 0 aliphatic carbocycles. The Bertz CT molecular complexity index is 1010. The van der Waals surface area contributed by atoms with Crippen molar-refractivity contribution in [2.45, 2.75) is 65.8 Å². The van der Waals surface area contributed by atoms with Crippen molar-refractivity contribution < 1.29 is 28.5 Å². The van der Waals surface area contributed by atoms with Crippen molar-refractivity contribution in [3.05, 3.63) is 59.7 Å². The Labute approximate surface area is 232 Å². The van der Waals surface area contributed by atoms with Crippen molar-refractivity contribution >= 4 is 12.2 Å². The minimum Gasteiger partial charge on any atom is -0.490 e. The van der Waals surface area contributed by atoms with Gasteiger partial charge in [-0.05, 0) is 53.7 Å². The van der Waals surface area contributed by atoms with Gasteiger partial charge < -0.3 is 34.1 Å². The van der Waals surface area contributed by atoms with E-state index >= 15 is 0 Å². The molecule has 2 aromatic rings. The largest absolute Gasteiger partial charge is 0.490 e. The first-order chi connectivity index (χ1) is 18.4. The molecule has 39 heavy (non-hydrogen) atoms. The fraction of sp³-hybridized carbons (Fsp3) is 0.533. The van der Waals surface area contributed by atoms with Crippen molar-refractivity contribution in [2.75, 3.05) is 39.4 Å². The van der Waals surface area contributed by atoms with Gasteiger partial charge in [0, 0.05) is 37.3 Å². The van der Waals surface area contributed by atoms with Crippen LogP contribution >= 0.6 is 0 Å². The summed E-state index contributed by atoms with van der Waals surface area (Å²) >= 11 is 0. The molecule has 0 atom stereocenters. The summed E-state index contributed by atoms with van der Waals surface area (Å²) in [4.78, 5) is 29.4. The highest BCUT2D eigenvalue weighted by molar-refractivity contribution is 5.69. The van der Waals surface area contributed by atoms with Crippen molar-refractivity contribution in [1.29, 1.82) is 0 Å². The third kappa shape index (κ3) is 10.3. The second-order valence-electron chi connectivity index (χ2n) is 11.5. The standard InChI is InChI=1S/C30H43N3O6/c1-29(2,3)38-27(34)32-17-15-31-16-18-33(28(35)39-30(4,5)6)22-24-12-8-10-14-26(24)37-20-19-36-25-13-9-7-11-23(25)21-32/h7-14,31H,15-22H2,1-6H3. The average Bonchev–Trinajstić information content (AvgIpc) is 2.84. The third-order valence-electron chi connectivity index (χ3n) is 5.69. The summed E-state index contributed by atoms with van der Waals surface area (Å²) in [6.07, 6.45) is -0.794. The van der Waals surface area contributed by atoms with E-state index in [9.17, 15) is 9.59 Å². The first kappa shape index (κ1) is 30.1. The fourth-order valence-corrected chi connectivity index (χ4v) is 3.94. The van der Waals surface area contributed by atoms with Crippen LogP contribution in [-0.4, -0.2) is 72.6 Å². The van der Waals surface area contributed by atoms with Gasteiger partial charge >= 0.3 is 12.2 Å². The van der Waals surface area contributed by atoms with Gasteiger partial charge in [0.2, 0.25) is 0 Å². The summed E-state index contributed by atoms with van der Waals surface area (Å²) in [5, 5.41) is 3.36. The van der Waals surface area contributed by atoms with Gasteiger partial charge in [0.15, 0.2) is 0 Å². The van der Waals surface area contributed by atoms with Gasteiger partial charge in [-0.15, -0.1) is 0 Å². The van der Waals surface area contributed by atoms with Crippen LogP contribution in [0.2, 0.25) is 0 Å². The van der Waals surface area contributed by atoms with E-state index in [4.69, 9.17) is 18.9 Å². The number of ether oxygens (including phenoxy) is 4. The molecule has 9 heteroatoms. The van der Waals surface area contributed by atoms with Crippen LogP contribution in [0, 0.1) is 0 Å².